The minimum Gasteiger partial charge on any atom is -0.419 e. The number of nitrogens with one attached hydrogen (secondary N) is 1. The number of carbonyl (C=O) groups is 1. The summed E-state index contributed by atoms with van der Waals surface area (Å²) < 4.78 is 11.5. The van der Waals surface area contributed by atoms with Crippen molar-refractivity contribution in [1.29, 1.82) is 0 Å². The van der Waals surface area contributed by atoms with Crippen LogP contribution in [0.5, 0.6) is 0 Å². The average molecular weight is 346 g/mol. The van der Waals surface area contributed by atoms with Crippen LogP contribution in [0.15, 0.2) is 10.5 Å². The Morgan fingerprint density at radius 3 is 2.75 bits per heavy atom. The molecule has 0 radical (unpaired) electrons. The molecule has 0 aliphatic rings. The fraction of sp³-hybridized carbons (Fsp3) is 0.400. The molecule has 24 heavy (non-hydrogen) atoms. The molecule has 0 aromatic carbocycles. The molecule has 0 bridgehead atoms. The Morgan fingerprint density at radius 2 is 2.12 bits per heavy atom. The van der Waals surface area contributed by atoms with E-state index in [9.17, 15) is 4.79 Å². The number of nitrogens with zero attached hydrogens (tertiary/aromatic N) is 5. The molecule has 0 saturated heterocycles. The van der Waals surface area contributed by atoms with Gasteiger partial charge in [-0.1, -0.05) is 0 Å². The van der Waals surface area contributed by atoms with Crippen molar-refractivity contribution in [2.24, 2.45) is 7.05 Å². The zero-order chi connectivity index (χ0) is 17.3. The van der Waals surface area contributed by atoms with Gasteiger partial charge in [0.2, 0.25) is 11.8 Å². The van der Waals surface area contributed by atoms with Crippen molar-refractivity contribution < 1.29 is 9.21 Å². The molecule has 1 amide bonds. The second-order valence-corrected chi connectivity index (χ2v) is 6.52. The maximum Gasteiger partial charge on any atom is 0.265 e. The average Bonchev–Trinajstić information content (AvgIpc) is 3.21. The predicted molar refractivity (Wildman–Crippen MR) is 89.8 cm³/mol. The number of rotatable bonds is 5. The summed E-state index contributed by atoms with van der Waals surface area (Å²) in [5.41, 5.74) is 3.26. The summed E-state index contributed by atoms with van der Waals surface area (Å²) in [4.78, 5) is 13.1. The lowest BCUT2D eigenvalue weighted by Crippen LogP contribution is -2.13. The van der Waals surface area contributed by atoms with Crippen molar-refractivity contribution in [3.8, 4) is 11.6 Å². The van der Waals surface area contributed by atoms with Crippen LogP contribution in [0.3, 0.4) is 0 Å². The van der Waals surface area contributed by atoms with E-state index in [4.69, 9.17) is 4.42 Å². The number of amides is 1. The van der Waals surface area contributed by atoms with Crippen molar-refractivity contribution in [3.05, 3.63) is 28.2 Å². The first kappa shape index (κ1) is 16.3. The van der Waals surface area contributed by atoms with E-state index >= 15 is 0 Å². The fourth-order valence-corrected chi connectivity index (χ4v) is 3.01. The molecule has 0 unspecified atom stereocenters. The highest BCUT2D eigenvalue weighted by Gasteiger charge is 2.15. The summed E-state index contributed by atoms with van der Waals surface area (Å²) in [6.45, 7) is 5.70. The molecule has 8 nitrogen and oxygen atoms in total. The van der Waals surface area contributed by atoms with Gasteiger partial charge in [0, 0.05) is 24.8 Å². The molecule has 0 aliphatic carbocycles. The molecule has 0 spiro atoms. The Morgan fingerprint density at radius 1 is 1.33 bits per heavy atom. The van der Waals surface area contributed by atoms with Crippen LogP contribution in [-0.2, 0) is 18.3 Å². The van der Waals surface area contributed by atoms with Gasteiger partial charge in [0.05, 0.1) is 17.1 Å². The maximum absolute atomic E-state index is 12.1. The summed E-state index contributed by atoms with van der Waals surface area (Å²) >= 11 is 1.38. The lowest BCUT2D eigenvalue weighted by molar-refractivity contribution is -0.116. The van der Waals surface area contributed by atoms with Crippen LogP contribution in [0.1, 0.15) is 28.6 Å². The Kier molecular flexibility index (Phi) is 4.43. The predicted octanol–water partition coefficient (Wildman–Crippen LogP) is 2.42. The van der Waals surface area contributed by atoms with E-state index in [-0.39, 0.29) is 12.3 Å². The number of anilines is 1. The summed E-state index contributed by atoms with van der Waals surface area (Å²) in [7, 11) is 1.82. The minimum atomic E-state index is -0.0995. The van der Waals surface area contributed by atoms with E-state index in [1.165, 1.54) is 11.5 Å². The molecule has 0 fully saturated rings. The van der Waals surface area contributed by atoms with E-state index in [1.54, 1.807) is 4.68 Å². The number of hydrogen-bond donors (Lipinski definition) is 1. The van der Waals surface area contributed by atoms with Crippen LogP contribution in [-0.4, -0.2) is 30.3 Å². The molecular formula is C15H18N6O2S. The third-order valence-electron chi connectivity index (χ3n) is 3.55. The van der Waals surface area contributed by atoms with Gasteiger partial charge in [0.15, 0.2) is 0 Å². The van der Waals surface area contributed by atoms with Gasteiger partial charge in [-0.25, -0.2) is 0 Å². The molecular weight excluding hydrogens is 328 g/mol. The van der Waals surface area contributed by atoms with Gasteiger partial charge >= 0.3 is 0 Å². The molecule has 1 N–H and O–H groups in total. The van der Waals surface area contributed by atoms with Gasteiger partial charge in [-0.15, -0.1) is 10.2 Å². The maximum atomic E-state index is 12.1. The first-order valence-electron chi connectivity index (χ1n) is 7.50. The van der Waals surface area contributed by atoms with E-state index in [0.717, 1.165) is 27.6 Å². The smallest absolute Gasteiger partial charge is 0.265 e. The van der Waals surface area contributed by atoms with Gasteiger partial charge in [-0.2, -0.15) is 9.47 Å². The standard InChI is InChI=1S/C15H18N6O2S/c1-8-7-11(21(4)19-8)15-18-17-13(23-15)6-5-12(22)16-14-9(2)20-24-10(14)3/h7H,5-6H2,1-4H3,(H,16,22). The molecule has 0 aliphatic heterocycles. The highest BCUT2D eigenvalue weighted by molar-refractivity contribution is 7.06. The summed E-state index contributed by atoms with van der Waals surface area (Å²) in [6.07, 6.45) is 0.645. The second-order valence-electron chi connectivity index (χ2n) is 5.54. The van der Waals surface area contributed by atoms with Gasteiger partial charge in [0.1, 0.15) is 5.69 Å². The van der Waals surface area contributed by atoms with Crippen molar-refractivity contribution >= 4 is 23.1 Å². The molecule has 3 heterocycles. The molecule has 3 aromatic heterocycles. The van der Waals surface area contributed by atoms with Gasteiger partial charge in [-0.05, 0) is 38.4 Å². The zero-order valence-electron chi connectivity index (χ0n) is 14.0. The van der Waals surface area contributed by atoms with Crippen molar-refractivity contribution in [2.45, 2.75) is 33.6 Å². The molecule has 126 valence electrons. The number of aryl methyl sites for hydroxylation is 5. The SMILES string of the molecule is Cc1cc(-c2nnc(CCC(=O)Nc3c(C)nsc3C)o2)n(C)n1. The van der Waals surface area contributed by atoms with Gasteiger partial charge in [-0.3, -0.25) is 9.48 Å². The van der Waals surface area contributed by atoms with Crippen molar-refractivity contribution in [3.63, 3.8) is 0 Å². The van der Waals surface area contributed by atoms with Crippen molar-refractivity contribution in [1.82, 2.24) is 24.4 Å². The van der Waals surface area contributed by atoms with Crippen LogP contribution in [0, 0.1) is 20.8 Å². The fourth-order valence-electron chi connectivity index (χ4n) is 2.35. The van der Waals surface area contributed by atoms with E-state index in [1.807, 2.05) is 33.9 Å². The second kappa shape index (κ2) is 6.52. The Hall–Kier alpha value is -2.55. The van der Waals surface area contributed by atoms with E-state index < -0.39 is 0 Å². The largest absolute Gasteiger partial charge is 0.419 e. The third-order valence-corrected chi connectivity index (χ3v) is 4.39. The molecule has 3 aromatic rings. The van der Waals surface area contributed by atoms with E-state index in [0.29, 0.717) is 18.2 Å². The number of carbonyl (C=O) groups excluding carboxylic acids is 1. The van der Waals surface area contributed by atoms with Crippen LogP contribution in [0.4, 0.5) is 5.69 Å². The van der Waals surface area contributed by atoms with Crippen LogP contribution in [0.2, 0.25) is 0 Å². The molecule has 9 heteroatoms. The summed E-state index contributed by atoms with van der Waals surface area (Å²) in [5, 5.41) is 15.2. The first-order chi connectivity index (χ1) is 11.4. The molecule has 3 rings (SSSR count). The molecule has 0 atom stereocenters. The van der Waals surface area contributed by atoms with Gasteiger partial charge < -0.3 is 9.73 Å². The number of hydrogen-bond acceptors (Lipinski definition) is 7. The monoisotopic (exact) mass is 346 g/mol. The lowest BCUT2D eigenvalue weighted by Gasteiger charge is -2.03. The lowest BCUT2D eigenvalue weighted by atomic mass is 10.2. The topological polar surface area (TPSA) is 98.7 Å². The first-order valence-corrected chi connectivity index (χ1v) is 8.27. The van der Waals surface area contributed by atoms with Crippen LogP contribution < -0.4 is 5.32 Å². The highest BCUT2D eigenvalue weighted by atomic mass is 32.1. The zero-order valence-corrected chi connectivity index (χ0v) is 14.8. The van der Waals surface area contributed by atoms with Crippen molar-refractivity contribution in [2.75, 3.05) is 5.32 Å². The molecule has 0 saturated carbocycles. The minimum absolute atomic E-state index is 0.0995. The third kappa shape index (κ3) is 3.35. The Labute approximate surface area is 143 Å². The summed E-state index contributed by atoms with van der Waals surface area (Å²) in [6, 6.07) is 1.87. The highest BCUT2D eigenvalue weighted by Crippen LogP contribution is 2.23. The quantitative estimate of drug-likeness (QED) is 0.762. The Balaban J connectivity index is 1.61. The number of aromatic nitrogens is 5. The van der Waals surface area contributed by atoms with Crippen LogP contribution in [0.25, 0.3) is 11.6 Å². The van der Waals surface area contributed by atoms with E-state index in [2.05, 4.69) is 25.0 Å². The Bertz CT molecular complexity index is 859. The van der Waals surface area contributed by atoms with Gasteiger partial charge in [0.25, 0.3) is 5.89 Å². The normalized spacial score (nSPS) is 11.0. The van der Waals surface area contributed by atoms with Crippen LogP contribution >= 0.6 is 11.5 Å². The summed E-state index contributed by atoms with van der Waals surface area (Å²) in [5.74, 6) is 0.732.